The van der Waals surface area contributed by atoms with Crippen molar-refractivity contribution in [3.8, 4) is 11.5 Å². The van der Waals surface area contributed by atoms with E-state index in [0.717, 1.165) is 36.7 Å². The van der Waals surface area contributed by atoms with Crippen molar-refractivity contribution < 1.29 is 9.47 Å². The van der Waals surface area contributed by atoms with Gasteiger partial charge in [-0.15, -0.1) is 0 Å². The summed E-state index contributed by atoms with van der Waals surface area (Å²) in [4.78, 5) is 0. The van der Waals surface area contributed by atoms with Gasteiger partial charge in [-0.3, -0.25) is 0 Å². The monoisotopic (exact) mass is 222 g/mol. The fraction of sp³-hybridized carbons (Fsp3) is 0.500. The molecule has 88 valence electrons. The summed E-state index contributed by atoms with van der Waals surface area (Å²) < 4.78 is 10.6. The maximum atomic E-state index is 5.37. The van der Waals surface area contributed by atoms with E-state index in [9.17, 15) is 0 Å². The molecule has 0 unspecified atom stereocenters. The van der Waals surface area contributed by atoms with Crippen molar-refractivity contribution in [2.24, 2.45) is 0 Å². The first kappa shape index (κ1) is 11.2. The molecule has 1 aliphatic heterocycles. The number of piperazine rings is 1. The highest BCUT2D eigenvalue weighted by Crippen LogP contribution is 2.29. The largest absolute Gasteiger partial charge is 0.497 e. The third-order valence-corrected chi connectivity index (χ3v) is 2.85. The summed E-state index contributed by atoms with van der Waals surface area (Å²) >= 11 is 0. The fourth-order valence-electron chi connectivity index (χ4n) is 1.98. The summed E-state index contributed by atoms with van der Waals surface area (Å²) in [6.07, 6.45) is 0. The quantitative estimate of drug-likeness (QED) is 0.798. The first-order valence-corrected chi connectivity index (χ1v) is 5.51. The highest BCUT2D eigenvalue weighted by atomic mass is 16.5. The van der Waals surface area contributed by atoms with Crippen molar-refractivity contribution in [2.75, 3.05) is 33.9 Å². The molecule has 1 aromatic rings. The minimum Gasteiger partial charge on any atom is -0.497 e. The number of hydrogen-bond donors (Lipinski definition) is 2. The predicted molar refractivity (Wildman–Crippen MR) is 63.2 cm³/mol. The Morgan fingerprint density at radius 3 is 2.69 bits per heavy atom. The lowest BCUT2D eigenvalue weighted by Crippen LogP contribution is -2.42. The minimum atomic E-state index is 0.291. The maximum absolute atomic E-state index is 5.37. The number of rotatable bonds is 3. The molecule has 1 aromatic carbocycles. The third kappa shape index (κ3) is 2.28. The Hall–Kier alpha value is -1.26. The van der Waals surface area contributed by atoms with Crippen LogP contribution < -0.4 is 20.1 Å². The van der Waals surface area contributed by atoms with Gasteiger partial charge in [0.25, 0.3) is 0 Å². The standard InChI is InChI=1S/C12H18N2O2/c1-15-9-3-4-12(16-2)10(7-9)11-8-13-5-6-14-11/h3-4,7,11,13-14H,5-6,8H2,1-2H3/t11-/m1/s1. The molecule has 0 radical (unpaired) electrons. The van der Waals surface area contributed by atoms with Gasteiger partial charge in [0.1, 0.15) is 11.5 Å². The Labute approximate surface area is 95.9 Å². The van der Waals surface area contributed by atoms with Crippen molar-refractivity contribution >= 4 is 0 Å². The van der Waals surface area contributed by atoms with Gasteiger partial charge in [-0.05, 0) is 18.2 Å². The summed E-state index contributed by atoms with van der Waals surface area (Å²) in [7, 11) is 3.37. The highest BCUT2D eigenvalue weighted by Gasteiger charge is 2.18. The first-order chi connectivity index (χ1) is 7.85. The lowest BCUT2D eigenvalue weighted by atomic mass is 10.0. The van der Waals surface area contributed by atoms with Gasteiger partial charge in [-0.2, -0.15) is 0 Å². The zero-order chi connectivity index (χ0) is 11.4. The summed E-state index contributed by atoms with van der Waals surface area (Å²) in [5, 5.41) is 6.83. The molecule has 1 aliphatic rings. The zero-order valence-electron chi connectivity index (χ0n) is 9.75. The fourth-order valence-corrected chi connectivity index (χ4v) is 1.98. The molecule has 4 nitrogen and oxygen atoms in total. The molecule has 0 amide bonds. The second-order valence-corrected chi connectivity index (χ2v) is 3.82. The summed E-state index contributed by atoms with van der Waals surface area (Å²) in [6.45, 7) is 2.91. The number of methoxy groups -OCH3 is 2. The van der Waals surface area contributed by atoms with Crippen molar-refractivity contribution in [3.63, 3.8) is 0 Å². The molecular formula is C12H18N2O2. The van der Waals surface area contributed by atoms with Crippen molar-refractivity contribution in [1.29, 1.82) is 0 Å². The van der Waals surface area contributed by atoms with Crippen LogP contribution in [-0.2, 0) is 0 Å². The van der Waals surface area contributed by atoms with Gasteiger partial charge in [0.05, 0.1) is 14.2 Å². The molecule has 1 fully saturated rings. The molecule has 16 heavy (non-hydrogen) atoms. The van der Waals surface area contributed by atoms with Crippen LogP contribution in [0, 0.1) is 0 Å². The van der Waals surface area contributed by atoms with Gasteiger partial charge in [0.15, 0.2) is 0 Å². The molecular weight excluding hydrogens is 204 g/mol. The topological polar surface area (TPSA) is 42.5 Å². The number of hydrogen-bond acceptors (Lipinski definition) is 4. The van der Waals surface area contributed by atoms with E-state index in [0.29, 0.717) is 6.04 Å². The number of benzene rings is 1. The van der Waals surface area contributed by atoms with Crippen molar-refractivity contribution in [1.82, 2.24) is 10.6 Å². The Morgan fingerprint density at radius 2 is 2.06 bits per heavy atom. The van der Waals surface area contributed by atoms with Crippen LogP contribution in [0.4, 0.5) is 0 Å². The average Bonchev–Trinajstić information content (AvgIpc) is 2.39. The molecule has 1 saturated heterocycles. The lowest BCUT2D eigenvalue weighted by molar-refractivity contribution is 0.375. The van der Waals surface area contributed by atoms with Gasteiger partial charge < -0.3 is 20.1 Å². The van der Waals surface area contributed by atoms with E-state index >= 15 is 0 Å². The normalized spacial score (nSPS) is 20.5. The minimum absolute atomic E-state index is 0.291. The van der Waals surface area contributed by atoms with Crippen LogP contribution in [0.15, 0.2) is 18.2 Å². The van der Waals surface area contributed by atoms with Crippen LogP contribution in [0.2, 0.25) is 0 Å². The van der Waals surface area contributed by atoms with Crippen LogP contribution in [0.3, 0.4) is 0 Å². The molecule has 0 saturated carbocycles. The van der Waals surface area contributed by atoms with E-state index in [1.165, 1.54) is 0 Å². The second-order valence-electron chi connectivity index (χ2n) is 3.82. The van der Waals surface area contributed by atoms with Gasteiger partial charge in [-0.1, -0.05) is 0 Å². The van der Waals surface area contributed by atoms with E-state index in [2.05, 4.69) is 10.6 Å². The van der Waals surface area contributed by atoms with E-state index in [-0.39, 0.29) is 0 Å². The maximum Gasteiger partial charge on any atom is 0.123 e. The Bertz CT molecular complexity index is 349. The molecule has 0 spiro atoms. The molecule has 4 heteroatoms. The second kappa shape index (κ2) is 5.18. The lowest BCUT2D eigenvalue weighted by Gasteiger charge is -2.26. The number of ether oxygens (including phenoxy) is 2. The van der Waals surface area contributed by atoms with Gasteiger partial charge in [-0.25, -0.2) is 0 Å². The van der Waals surface area contributed by atoms with Crippen LogP contribution in [-0.4, -0.2) is 33.9 Å². The molecule has 2 rings (SSSR count). The van der Waals surface area contributed by atoms with E-state index in [1.54, 1.807) is 14.2 Å². The van der Waals surface area contributed by atoms with Crippen molar-refractivity contribution in [3.05, 3.63) is 23.8 Å². The van der Waals surface area contributed by atoms with Gasteiger partial charge in [0, 0.05) is 31.2 Å². The zero-order valence-corrected chi connectivity index (χ0v) is 9.75. The van der Waals surface area contributed by atoms with Crippen LogP contribution in [0.25, 0.3) is 0 Å². The average molecular weight is 222 g/mol. The Balaban J connectivity index is 2.27. The van der Waals surface area contributed by atoms with Gasteiger partial charge in [0.2, 0.25) is 0 Å². The van der Waals surface area contributed by atoms with Crippen molar-refractivity contribution in [2.45, 2.75) is 6.04 Å². The smallest absolute Gasteiger partial charge is 0.123 e. The Kier molecular flexibility index (Phi) is 3.64. The molecule has 2 N–H and O–H groups in total. The van der Waals surface area contributed by atoms with E-state index in [4.69, 9.17) is 9.47 Å². The molecule has 0 aliphatic carbocycles. The summed E-state index contributed by atoms with van der Waals surface area (Å²) in [5.74, 6) is 1.77. The van der Waals surface area contributed by atoms with E-state index in [1.807, 2.05) is 18.2 Å². The molecule has 0 aromatic heterocycles. The molecule has 0 bridgehead atoms. The predicted octanol–water partition coefficient (Wildman–Crippen LogP) is 0.938. The van der Waals surface area contributed by atoms with Crippen LogP contribution in [0.1, 0.15) is 11.6 Å². The summed E-state index contributed by atoms with van der Waals surface area (Å²) in [5.41, 5.74) is 1.15. The molecule has 1 atom stereocenters. The van der Waals surface area contributed by atoms with Crippen LogP contribution in [0.5, 0.6) is 11.5 Å². The highest BCUT2D eigenvalue weighted by molar-refractivity contribution is 5.42. The SMILES string of the molecule is COc1ccc(OC)c([C@H]2CNCCN2)c1. The summed E-state index contributed by atoms with van der Waals surface area (Å²) in [6, 6.07) is 6.19. The van der Waals surface area contributed by atoms with Crippen LogP contribution >= 0.6 is 0 Å². The van der Waals surface area contributed by atoms with E-state index < -0.39 is 0 Å². The third-order valence-electron chi connectivity index (χ3n) is 2.85. The Morgan fingerprint density at radius 1 is 1.19 bits per heavy atom. The first-order valence-electron chi connectivity index (χ1n) is 5.51. The number of nitrogens with one attached hydrogen (secondary N) is 2. The molecule has 1 heterocycles. The van der Waals surface area contributed by atoms with Gasteiger partial charge >= 0.3 is 0 Å².